The predicted octanol–water partition coefficient (Wildman–Crippen LogP) is 2.16. The van der Waals surface area contributed by atoms with E-state index in [1.807, 2.05) is 0 Å². The van der Waals surface area contributed by atoms with E-state index in [1.54, 1.807) is 0 Å². The van der Waals surface area contributed by atoms with Crippen LogP contribution in [0.5, 0.6) is 0 Å². The number of nitrogens with one attached hydrogen (secondary N) is 1. The summed E-state index contributed by atoms with van der Waals surface area (Å²) in [6, 6.07) is 5.54. The fourth-order valence-corrected chi connectivity index (χ4v) is 2.29. The maximum absolute atomic E-state index is 12.9. The fraction of sp³-hybridized carbons (Fsp3) is 0. The molecule has 7 heteroatoms. The molecule has 0 saturated carbocycles. The van der Waals surface area contributed by atoms with Gasteiger partial charge in [-0.05, 0) is 24.3 Å². The van der Waals surface area contributed by atoms with Crippen LogP contribution in [-0.2, 0) is 10.0 Å². The van der Waals surface area contributed by atoms with Crippen molar-refractivity contribution in [2.24, 2.45) is 0 Å². The van der Waals surface area contributed by atoms with Crippen molar-refractivity contribution >= 4 is 15.7 Å². The zero-order chi connectivity index (χ0) is 13.2. The van der Waals surface area contributed by atoms with Gasteiger partial charge in [0.1, 0.15) is 4.90 Å². The second kappa shape index (κ2) is 4.69. The average molecular weight is 270 g/mol. The monoisotopic (exact) mass is 270 g/mol. The van der Waals surface area contributed by atoms with Gasteiger partial charge >= 0.3 is 0 Å². The van der Waals surface area contributed by atoms with Crippen LogP contribution in [0.25, 0.3) is 0 Å². The lowest BCUT2D eigenvalue weighted by Gasteiger charge is -2.07. The van der Waals surface area contributed by atoms with Crippen molar-refractivity contribution in [1.82, 2.24) is 4.98 Å². The minimum Gasteiger partial charge on any atom is -0.279 e. The molecular formula is C11H8F2N2O2S. The summed E-state index contributed by atoms with van der Waals surface area (Å²) >= 11 is 0. The Balaban J connectivity index is 2.31. The largest absolute Gasteiger partial charge is 0.279 e. The van der Waals surface area contributed by atoms with Crippen molar-refractivity contribution in [3.05, 3.63) is 54.4 Å². The lowest BCUT2D eigenvalue weighted by Crippen LogP contribution is -2.13. The third kappa shape index (κ3) is 2.62. The van der Waals surface area contributed by atoms with E-state index in [1.165, 1.54) is 18.3 Å². The van der Waals surface area contributed by atoms with Crippen molar-refractivity contribution in [2.45, 2.75) is 4.90 Å². The van der Waals surface area contributed by atoms with Gasteiger partial charge in [-0.15, -0.1) is 0 Å². The van der Waals surface area contributed by atoms with E-state index in [9.17, 15) is 17.2 Å². The fourth-order valence-electron chi connectivity index (χ4n) is 1.28. The number of rotatable bonds is 3. The Morgan fingerprint density at radius 1 is 1.11 bits per heavy atom. The molecule has 0 fully saturated rings. The number of halogens is 2. The Kier molecular flexibility index (Phi) is 3.24. The zero-order valence-electron chi connectivity index (χ0n) is 8.97. The van der Waals surface area contributed by atoms with Crippen molar-refractivity contribution in [1.29, 1.82) is 0 Å². The molecule has 2 aromatic rings. The number of hydrogen-bond donors (Lipinski definition) is 1. The van der Waals surface area contributed by atoms with Crippen molar-refractivity contribution in [3.8, 4) is 0 Å². The molecule has 18 heavy (non-hydrogen) atoms. The van der Waals surface area contributed by atoms with E-state index in [2.05, 4.69) is 9.71 Å². The number of sulfonamides is 1. The molecule has 94 valence electrons. The summed E-state index contributed by atoms with van der Waals surface area (Å²) < 4.78 is 51.4. The molecule has 0 radical (unpaired) electrons. The zero-order valence-corrected chi connectivity index (χ0v) is 9.79. The highest BCUT2D eigenvalue weighted by Crippen LogP contribution is 2.17. The van der Waals surface area contributed by atoms with Crippen molar-refractivity contribution in [2.75, 3.05) is 4.72 Å². The number of benzene rings is 1. The molecule has 0 aliphatic carbocycles. The van der Waals surface area contributed by atoms with Crippen molar-refractivity contribution in [3.63, 3.8) is 0 Å². The topological polar surface area (TPSA) is 59.1 Å². The van der Waals surface area contributed by atoms with E-state index in [4.69, 9.17) is 0 Å². The minimum atomic E-state index is -3.84. The molecule has 1 N–H and O–H groups in total. The highest BCUT2D eigenvalue weighted by Gasteiger charge is 2.14. The molecule has 0 aliphatic rings. The normalized spacial score (nSPS) is 11.2. The van der Waals surface area contributed by atoms with E-state index in [-0.39, 0.29) is 10.6 Å². The standard InChI is InChI=1S/C11H8F2N2O2S/c12-10-4-3-8(6-11(10)13)15-18(16,17)9-2-1-5-14-7-9/h1-7,15H. The minimum absolute atomic E-state index is 0.0576. The van der Waals surface area contributed by atoms with Crippen molar-refractivity contribution < 1.29 is 17.2 Å². The second-order valence-corrected chi connectivity index (χ2v) is 5.11. The molecule has 0 unspecified atom stereocenters. The molecule has 2 rings (SSSR count). The summed E-state index contributed by atoms with van der Waals surface area (Å²) in [5.41, 5.74) is -0.0576. The highest BCUT2D eigenvalue weighted by molar-refractivity contribution is 7.92. The van der Waals surface area contributed by atoms with Gasteiger partial charge in [0, 0.05) is 18.5 Å². The molecule has 1 aromatic heterocycles. The molecule has 0 saturated heterocycles. The van der Waals surface area contributed by atoms with Gasteiger partial charge in [0.15, 0.2) is 11.6 Å². The number of pyridine rings is 1. The third-order valence-corrected chi connectivity index (χ3v) is 3.48. The van der Waals surface area contributed by atoms with Crippen LogP contribution in [0.15, 0.2) is 47.6 Å². The SMILES string of the molecule is O=S(=O)(Nc1ccc(F)c(F)c1)c1cccnc1. The molecule has 0 amide bonds. The van der Waals surface area contributed by atoms with Crippen LogP contribution < -0.4 is 4.72 Å². The Morgan fingerprint density at radius 2 is 1.89 bits per heavy atom. The maximum atomic E-state index is 12.9. The van der Waals surface area contributed by atoms with Crippen LogP contribution in [0.1, 0.15) is 0 Å². The van der Waals surface area contributed by atoms with Crippen LogP contribution in [0.4, 0.5) is 14.5 Å². The third-order valence-electron chi connectivity index (χ3n) is 2.12. The van der Waals surface area contributed by atoms with Gasteiger partial charge < -0.3 is 0 Å². The summed E-state index contributed by atoms with van der Waals surface area (Å²) in [4.78, 5) is 3.61. The summed E-state index contributed by atoms with van der Waals surface area (Å²) in [6.45, 7) is 0. The first-order valence-electron chi connectivity index (χ1n) is 4.87. The van der Waals surface area contributed by atoms with Gasteiger partial charge in [-0.2, -0.15) is 0 Å². The van der Waals surface area contributed by atoms with Gasteiger partial charge in [-0.3, -0.25) is 9.71 Å². The number of nitrogens with zero attached hydrogens (tertiary/aromatic N) is 1. The summed E-state index contributed by atoms with van der Waals surface area (Å²) in [5, 5.41) is 0. The smallest absolute Gasteiger partial charge is 0.263 e. The number of aromatic nitrogens is 1. The van der Waals surface area contributed by atoms with Gasteiger partial charge in [-0.25, -0.2) is 17.2 Å². The molecule has 0 spiro atoms. The molecule has 1 aromatic carbocycles. The maximum Gasteiger partial charge on any atom is 0.263 e. The Hall–Kier alpha value is -2.02. The molecule has 1 heterocycles. The number of anilines is 1. The molecule has 4 nitrogen and oxygen atoms in total. The first-order valence-corrected chi connectivity index (χ1v) is 6.35. The van der Waals surface area contributed by atoms with E-state index < -0.39 is 21.7 Å². The van der Waals surface area contributed by atoms with Gasteiger partial charge in [-0.1, -0.05) is 0 Å². The lowest BCUT2D eigenvalue weighted by atomic mass is 10.3. The second-order valence-electron chi connectivity index (χ2n) is 3.42. The Bertz CT molecular complexity index is 660. The quantitative estimate of drug-likeness (QED) is 0.929. The molecule has 0 aliphatic heterocycles. The average Bonchev–Trinajstić information content (AvgIpc) is 2.35. The Labute approximate surface area is 102 Å². The summed E-state index contributed by atoms with van der Waals surface area (Å²) in [6.07, 6.45) is 2.58. The highest BCUT2D eigenvalue weighted by atomic mass is 32.2. The molecular weight excluding hydrogens is 262 g/mol. The predicted molar refractivity (Wildman–Crippen MR) is 61.4 cm³/mol. The summed E-state index contributed by atoms with van der Waals surface area (Å²) in [7, 11) is -3.84. The van der Waals surface area contributed by atoms with Gasteiger partial charge in [0.25, 0.3) is 10.0 Å². The van der Waals surface area contributed by atoms with Gasteiger partial charge in [0.2, 0.25) is 0 Å². The van der Waals surface area contributed by atoms with Crippen LogP contribution >= 0.6 is 0 Å². The molecule has 0 atom stereocenters. The van der Waals surface area contributed by atoms with E-state index >= 15 is 0 Å². The first-order chi connectivity index (χ1) is 8.49. The van der Waals surface area contributed by atoms with Crippen LogP contribution in [-0.4, -0.2) is 13.4 Å². The van der Waals surface area contributed by atoms with Crippen LogP contribution in [0, 0.1) is 11.6 Å². The Morgan fingerprint density at radius 3 is 2.50 bits per heavy atom. The summed E-state index contributed by atoms with van der Waals surface area (Å²) in [5.74, 6) is -2.17. The van der Waals surface area contributed by atoms with Gasteiger partial charge in [0.05, 0.1) is 5.69 Å². The molecule has 0 bridgehead atoms. The number of hydrogen-bond acceptors (Lipinski definition) is 3. The van der Waals surface area contributed by atoms with E-state index in [0.29, 0.717) is 0 Å². The lowest BCUT2D eigenvalue weighted by molar-refractivity contribution is 0.509. The van der Waals surface area contributed by atoms with Crippen LogP contribution in [0.2, 0.25) is 0 Å². The van der Waals surface area contributed by atoms with E-state index in [0.717, 1.165) is 24.4 Å². The first kappa shape index (κ1) is 12.4. The van der Waals surface area contributed by atoms with Crippen LogP contribution in [0.3, 0.4) is 0 Å².